The standard InChI is InChI=1S/C20H21N3O2/c1-15(24)21-11-16-6-5-7-17(10-16)13-25-20-9-4-3-8-18(20)19-12-23(2)14-22-19/h3-10,12,14H,11,13H2,1-2H3,(H,21,24). The molecule has 1 aromatic heterocycles. The highest BCUT2D eigenvalue weighted by Crippen LogP contribution is 2.29. The molecule has 0 unspecified atom stereocenters. The molecule has 2 aromatic carbocycles. The quantitative estimate of drug-likeness (QED) is 0.752. The number of para-hydroxylation sites is 1. The number of rotatable bonds is 6. The van der Waals surface area contributed by atoms with E-state index in [-0.39, 0.29) is 5.91 Å². The van der Waals surface area contributed by atoms with Gasteiger partial charge in [0.15, 0.2) is 0 Å². The summed E-state index contributed by atoms with van der Waals surface area (Å²) in [4.78, 5) is 15.4. The maximum absolute atomic E-state index is 11.0. The average Bonchev–Trinajstić information content (AvgIpc) is 3.05. The summed E-state index contributed by atoms with van der Waals surface area (Å²) in [5.74, 6) is 0.763. The Bertz CT molecular complexity index is 871. The summed E-state index contributed by atoms with van der Waals surface area (Å²) in [5.41, 5.74) is 3.96. The van der Waals surface area contributed by atoms with Crippen molar-refractivity contribution in [1.29, 1.82) is 0 Å². The number of carbonyl (C=O) groups is 1. The zero-order valence-electron chi connectivity index (χ0n) is 14.4. The number of hydrogen-bond acceptors (Lipinski definition) is 3. The molecule has 0 aliphatic rings. The summed E-state index contributed by atoms with van der Waals surface area (Å²) < 4.78 is 7.95. The van der Waals surface area contributed by atoms with Crippen molar-refractivity contribution in [3.8, 4) is 17.0 Å². The molecular weight excluding hydrogens is 314 g/mol. The fraction of sp³-hybridized carbons (Fsp3) is 0.200. The van der Waals surface area contributed by atoms with Crippen molar-refractivity contribution in [2.45, 2.75) is 20.1 Å². The first-order valence-electron chi connectivity index (χ1n) is 8.14. The van der Waals surface area contributed by atoms with E-state index in [1.165, 1.54) is 6.92 Å². The number of nitrogens with one attached hydrogen (secondary N) is 1. The maximum atomic E-state index is 11.0. The minimum Gasteiger partial charge on any atom is -0.488 e. The van der Waals surface area contributed by atoms with Gasteiger partial charge in [-0.2, -0.15) is 0 Å². The molecule has 0 spiro atoms. The van der Waals surface area contributed by atoms with Crippen molar-refractivity contribution in [3.63, 3.8) is 0 Å². The lowest BCUT2D eigenvalue weighted by atomic mass is 10.1. The molecule has 1 amide bonds. The highest BCUT2D eigenvalue weighted by atomic mass is 16.5. The SMILES string of the molecule is CC(=O)NCc1cccc(COc2ccccc2-c2cn(C)cn2)c1. The zero-order valence-corrected chi connectivity index (χ0v) is 14.4. The number of aromatic nitrogens is 2. The van der Waals surface area contributed by atoms with Crippen LogP contribution in [-0.4, -0.2) is 15.5 Å². The Hall–Kier alpha value is -3.08. The number of aryl methyl sites for hydroxylation is 1. The monoisotopic (exact) mass is 335 g/mol. The highest BCUT2D eigenvalue weighted by Gasteiger charge is 2.08. The molecule has 0 aliphatic heterocycles. The van der Waals surface area contributed by atoms with Crippen molar-refractivity contribution in [2.24, 2.45) is 7.05 Å². The number of carbonyl (C=O) groups excluding carboxylic acids is 1. The van der Waals surface area contributed by atoms with Crippen molar-refractivity contribution in [1.82, 2.24) is 14.9 Å². The van der Waals surface area contributed by atoms with Crippen LogP contribution in [0.2, 0.25) is 0 Å². The summed E-state index contributed by atoms with van der Waals surface area (Å²) in [7, 11) is 1.94. The van der Waals surface area contributed by atoms with Crippen LogP contribution < -0.4 is 10.1 Å². The van der Waals surface area contributed by atoms with Gasteiger partial charge < -0.3 is 14.6 Å². The van der Waals surface area contributed by atoms with Crippen LogP contribution in [0.4, 0.5) is 0 Å². The van der Waals surface area contributed by atoms with Gasteiger partial charge in [0.25, 0.3) is 0 Å². The van der Waals surface area contributed by atoms with E-state index >= 15 is 0 Å². The summed E-state index contributed by atoms with van der Waals surface area (Å²) in [6.07, 6.45) is 3.74. The second-order valence-electron chi connectivity index (χ2n) is 5.94. The van der Waals surface area contributed by atoms with Crippen molar-refractivity contribution in [2.75, 3.05) is 0 Å². The molecule has 0 fully saturated rings. The van der Waals surface area contributed by atoms with E-state index < -0.39 is 0 Å². The lowest BCUT2D eigenvalue weighted by Gasteiger charge is -2.11. The molecule has 3 aromatic rings. The van der Waals surface area contributed by atoms with E-state index in [0.29, 0.717) is 13.2 Å². The third kappa shape index (κ3) is 4.47. The molecule has 25 heavy (non-hydrogen) atoms. The molecule has 3 rings (SSSR count). The Labute approximate surface area is 147 Å². The molecule has 0 atom stereocenters. The Kier molecular flexibility index (Phi) is 5.14. The summed E-state index contributed by atoms with van der Waals surface area (Å²) in [6, 6.07) is 15.9. The first kappa shape index (κ1) is 16.8. The second-order valence-corrected chi connectivity index (χ2v) is 5.94. The minimum atomic E-state index is -0.0362. The van der Waals surface area contributed by atoms with Crippen LogP contribution in [0.5, 0.6) is 5.75 Å². The predicted molar refractivity (Wildman–Crippen MR) is 96.9 cm³/mol. The number of benzene rings is 2. The van der Waals surface area contributed by atoms with Crippen LogP contribution in [0, 0.1) is 0 Å². The number of hydrogen-bond donors (Lipinski definition) is 1. The molecule has 5 heteroatoms. The van der Waals surface area contributed by atoms with E-state index in [1.807, 2.05) is 66.3 Å². The van der Waals surface area contributed by atoms with Gasteiger partial charge in [0.05, 0.1) is 12.0 Å². The number of ether oxygens (including phenoxy) is 1. The van der Waals surface area contributed by atoms with Gasteiger partial charge in [-0.1, -0.05) is 36.4 Å². The predicted octanol–water partition coefficient (Wildman–Crippen LogP) is 3.30. The number of amides is 1. The normalized spacial score (nSPS) is 10.5. The molecular formula is C20H21N3O2. The Morgan fingerprint density at radius 3 is 2.72 bits per heavy atom. The van der Waals surface area contributed by atoms with E-state index in [4.69, 9.17) is 4.74 Å². The lowest BCUT2D eigenvalue weighted by Crippen LogP contribution is -2.18. The fourth-order valence-corrected chi connectivity index (χ4v) is 2.57. The summed E-state index contributed by atoms with van der Waals surface area (Å²) in [6.45, 7) is 2.49. The molecule has 1 N–H and O–H groups in total. The zero-order chi connectivity index (χ0) is 17.6. The topological polar surface area (TPSA) is 56.1 Å². The van der Waals surface area contributed by atoms with Gasteiger partial charge >= 0.3 is 0 Å². The molecule has 1 heterocycles. The van der Waals surface area contributed by atoms with E-state index in [2.05, 4.69) is 10.3 Å². The molecule has 0 saturated carbocycles. The average molecular weight is 335 g/mol. The van der Waals surface area contributed by atoms with Gasteiger partial charge in [0.1, 0.15) is 12.4 Å². The molecule has 0 saturated heterocycles. The third-order valence-electron chi connectivity index (χ3n) is 3.80. The largest absolute Gasteiger partial charge is 0.488 e. The Morgan fingerprint density at radius 2 is 1.96 bits per heavy atom. The van der Waals surface area contributed by atoms with Crippen LogP contribution in [0.3, 0.4) is 0 Å². The number of nitrogens with zero attached hydrogens (tertiary/aromatic N) is 2. The van der Waals surface area contributed by atoms with E-state index in [0.717, 1.165) is 28.1 Å². The minimum absolute atomic E-state index is 0.0362. The summed E-state index contributed by atoms with van der Waals surface area (Å²) >= 11 is 0. The Morgan fingerprint density at radius 1 is 1.16 bits per heavy atom. The lowest BCUT2D eigenvalue weighted by molar-refractivity contribution is -0.119. The van der Waals surface area contributed by atoms with Gasteiger partial charge in [-0.05, 0) is 23.3 Å². The van der Waals surface area contributed by atoms with Crippen molar-refractivity contribution in [3.05, 3.63) is 72.2 Å². The Balaban J connectivity index is 1.72. The van der Waals surface area contributed by atoms with Crippen molar-refractivity contribution < 1.29 is 9.53 Å². The smallest absolute Gasteiger partial charge is 0.217 e. The third-order valence-corrected chi connectivity index (χ3v) is 3.80. The van der Waals surface area contributed by atoms with Crippen LogP contribution in [0.1, 0.15) is 18.1 Å². The van der Waals surface area contributed by atoms with Gasteiger partial charge in [-0.3, -0.25) is 4.79 Å². The van der Waals surface area contributed by atoms with E-state index in [1.54, 1.807) is 6.33 Å². The second kappa shape index (κ2) is 7.66. The van der Waals surface area contributed by atoms with Gasteiger partial charge in [0.2, 0.25) is 5.91 Å². The van der Waals surface area contributed by atoms with Crippen LogP contribution in [0.25, 0.3) is 11.3 Å². The van der Waals surface area contributed by atoms with Crippen molar-refractivity contribution >= 4 is 5.91 Å². The molecule has 5 nitrogen and oxygen atoms in total. The van der Waals surface area contributed by atoms with Crippen LogP contribution >= 0.6 is 0 Å². The molecule has 0 bridgehead atoms. The maximum Gasteiger partial charge on any atom is 0.217 e. The molecule has 0 radical (unpaired) electrons. The highest BCUT2D eigenvalue weighted by molar-refractivity contribution is 5.72. The van der Waals surface area contributed by atoms with Gasteiger partial charge in [-0.25, -0.2) is 4.98 Å². The first-order chi connectivity index (χ1) is 12.1. The fourth-order valence-electron chi connectivity index (χ4n) is 2.57. The molecule has 128 valence electrons. The van der Waals surface area contributed by atoms with Crippen LogP contribution in [0.15, 0.2) is 61.1 Å². The molecule has 0 aliphatic carbocycles. The van der Waals surface area contributed by atoms with Gasteiger partial charge in [-0.15, -0.1) is 0 Å². The number of imidazole rings is 1. The summed E-state index contributed by atoms with van der Waals surface area (Å²) in [5, 5.41) is 2.81. The van der Waals surface area contributed by atoms with Gasteiger partial charge in [0, 0.05) is 32.3 Å². The van der Waals surface area contributed by atoms with Crippen LogP contribution in [-0.2, 0) is 25.0 Å². The first-order valence-corrected chi connectivity index (χ1v) is 8.14. The van der Waals surface area contributed by atoms with E-state index in [9.17, 15) is 4.79 Å².